The third-order valence-electron chi connectivity index (χ3n) is 14.8. The van der Waals surface area contributed by atoms with Crippen LogP contribution < -0.4 is 36.6 Å². The van der Waals surface area contributed by atoms with E-state index in [1.165, 1.54) is 15.8 Å². The fraction of sp³-hybridized carbons (Fsp3) is 0.462. The minimum absolute atomic E-state index is 0.194. The van der Waals surface area contributed by atoms with Crippen molar-refractivity contribution in [2.75, 3.05) is 87.3 Å². The van der Waals surface area contributed by atoms with Crippen LogP contribution in [-0.2, 0) is 33.4 Å². The van der Waals surface area contributed by atoms with Crippen molar-refractivity contribution in [3.63, 3.8) is 0 Å². The first-order chi connectivity index (χ1) is 34.0. The van der Waals surface area contributed by atoms with Gasteiger partial charge in [0.1, 0.15) is 30.6 Å². The highest BCUT2D eigenvalue weighted by atomic mass is 79.9. The number of nitrogens with one attached hydrogen (secondary N) is 3. The number of fused-ring (bicyclic) bond motifs is 2. The highest BCUT2D eigenvalue weighted by molar-refractivity contribution is 9.10. The normalized spacial score (nSPS) is 19.3. The number of rotatable bonds is 15. The summed E-state index contributed by atoms with van der Waals surface area (Å²) in [5, 5.41) is 11.3. The number of hydrogen-bond acceptors (Lipinski definition) is 14. The first-order valence-corrected chi connectivity index (χ1v) is 27.7. The maximum Gasteiger partial charge on any atom is 0.420 e. The van der Waals surface area contributed by atoms with E-state index in [0.717, 1.165) is 133 Å². The maximum absolute atomic E-state index is 14.4. The van der Waals surface area contributed by atoms with Gasteiger partial charge in [0.15, 0.2) is 5.58 Å². The summed E-state index contributed by atoms with van der Waals surface area (Å²) in [6, 6.07) is 18.1. The molecule has 0 aliphatic carbocycles. The number of methoxy groups -OCH3 is 1. The predicted molar refractivity (Wildman–Crippen MR) is 279 cm³/mol. The van der Waals surface area contributed by atoms with Gasteiger partial charge in [-0.15, -0.1) is 0 Å². The summed E-state index contributed by atoms with van der Waals surface area (Å²) in [6.45, 7) is 11.8. The van der Waals surface area contributed by atoms with Gasteiger partial charge >= 0.3 is 5.76 Å². The standard InChI is InChI=1S/C52H62BrN10O6P/c1-4-35-30-41(54-19-15-47-55-32-38(53)50(58-47)57-40-11-10-39-37(9-7-33(2)56-39)49(40)70(67)27-5-6-28-70)45(68-3)31-44(35)62-21-17-36(18-22-62)61-25-23-60(24-26-61)20-16-34-8-12-42-46(29-34)69-52(66)63(42)43-13-14-48(64)59-51(43)65/h7-12,29-32,36,43,54H,4-6,13-28H2,1-3H3,(H,55,57,58)(H,59,64,65). The number of pyridine rings is 1. The monoisotopic (exact) mass is 1030 g/mol. The molecule has 7 heterocycles. The van der Waals surface area contributed by atoms with Crippen LogP contribution in [0.25, 0.3) is 22.0 Å². The second kappa shape index (κ2) is 20.6. The van der Waals surface area contributed by atoms with E-state index in [2.05, 4.69) is 76.7 Å². The number of ether oxygens (including phenoxy) is 1. The second-order valence-corrected chi connectivity index (χ2v) is 23.2. The van der Waals surface area contributed by atoms with E-state index < -0.39 is 24.8 Å². The van der Waals surface area contributed by atoms with E-state index in [1.807, 2.05) is 43.3 Å². The molecule has 3 aromatic carbocycles. The average molecular weight is 1030 g/mol. The minimum Gasteiger partial charge on any atom is -0.495 e. The van der Waals surface area contributed by atoms with Gasteiger partial charge in [-0.25, -0.2) is 14.8 Å². The van der Waals surface area contributed by atoms with Gasteiger partial charge < -0.3 is 34.2 Å². The molecule has 0 saturated carbocycles. The van der Waals surface area contributed by atoms with Gasteiger partial charge in [-0.05, 0) is 115 Å². The van der Waals surface area contributed by atoms with Gasteiger partial charge in [-0.1, -0.05) is 19.1 Å². The Labute approximate surface area is 416 Å². The number of carbonyl (C=O) groups excluding carboxylic acids is 2. The molecule has 16 nitrogen and oxygen atoms in total. The Bertz CT molecular complexity index is 3040. The molecule has 1 atom stereocenters. The zero-order chi connectivity index (χ0) is 48.5. The van der Waals surface area contributed by atoms with Crippen molar-refractivity contribution >= 4 is 85.1 Å². The number of aryl methyl sites for hydroxylation is 2. The number of benzene rings is 3. The van der Waals surface area contributed by atoms with E-state index in [4.69, 9.17) is 19.1 Å². The summed E-state index contributed by atoms with van der Waals surface area (Å²) in [6.07, 6.45) is 10.2. The van der Waals surface area contributed by atoms with Crippen LogP contribution in [0.15, 0.2) is 74.5 Å². The molecule has 0 bridgehead atoms. The average Bonchev–Trinajstić information content (AvgIpc) is 3.96. The molecule has 18 heteroatoms. The molecule has 3 aromatic heterocycles. The molecule has 0 spiro atoms. The molecule has 2 amide bonds. The van der Waals surface area contributed by atoms with Crippen LogP contribution in [0, 0.1) is 6.92 Å². The number of piperazine rings is 1. The molecule has 4 fully saturated rings. The fourth-order valence-corrected chi connectivity index (χ4v) is 14.6. The molecule has 368 valence electrons. The van der Waals surface area contributed by atoms with Crippen molar-refractivity contribution in [3.05, 3.63) is 98.5 Å². The van der Waals surface area contributed by atoms with Crippen molar-refractivity contribution in [3.8, 4) is 5.75 Å². The molecule has 4 saturated heterocycles. The van der Waals surface area contributed by atoms with Crippen molar-refractivity contribution in [1.82, 2.24) is 34.6 Å². The molecule has 0 radical (unpaired) electrons. The Hall–Kier alpha value is -5.61. The SMILES string of the molecule is CCc1cc(NCCc2ncc(Br)c(Nc3ccc4nc(C)ccc4c3P3(=O)CCCC3)n2)c(OC)cc1N1CCC(N2CCN(CCc3ccc4c(c3)oc(=O)n4C3CCC(=O)NC3=O)CC2)CC1. The number of hydrogen-bond donors (Lipinski definition) is 3. The van der Waals surface area contributed by atoms with E-state index in [-0.39, 0.29) is 18.7 Å². The number of oxazole rings is 1. The lowest BCUT2D eigenvalue weighted by molar-refractivity contribution is -0.135. The van der Waals surface area contributed by atoms with Crippen LogP contribution >= 0.6 is 23.1 Å². The lowest BCUT2D eigenvalue weighted by Gasteiger charge is -2.43. The molecular formula is C52H62BrN10O6P. The number of anilines is 4. The van der Waals surface area contributed by atoms with Crippen LogP contribution in [0.4, 0.5) is 22.9 Å². The molecule has 6 aromatic rings. The van der Waals surface area contributed by atoms with Crippen LogP contribution in [0.3, 0.4) is 0 Å². The summed E-state index contributed by atoms with van der Waals surface area (Å²) >= 11 is 3.67. The number of imide groups is 1. The first-order valence-electron chi connectivity index (χ1n) is 24.9. The lowest BCUT2D eigenvalue weighted by Crippen LogP contribution is -2.53. The molecular weight excluding hydrogens is 972 g/mol. The predicted octanol–water partition coefficient (Wildman–Crippen LogP) is 7.56. The summed E-state index contributed by atoms with van der Waals surface area (Å²) in [7, 11) is -0.870. The number of amides is 2. The Morgan fingerprint density at radius 2 is 1.71 bits per heavy atom. The van der Waals surface area contributed by atoms with Gasteiger partial charge in [0.2, 0.25) is 11.8 Å². The summed E-state index contributed by atoms with van der Waals surface area (Å²) in [5.74, 6) is 0.784. The molecule has 4 aliphatic rings. The van der Waals surface area contributed by atoms with Crippen molar-refractivity contribution in [1.29, 1.82) is 0 Å². The summed E-state index contributed by atoms with van der Waals surface area (Å²) in [5.41, 5.74) is 8.21. The first kappa shape index (κ1) is 48.0. The Balaban J connectivity index is 0.717. The van der Waals surface area contributed by atoms with Gasteiger partial charge in [0.05, 0.1) is 34.0 Å². The van der Waals surface area contributed by atoms with Gasteiger partial charge in [0, 0.05) is 118 Å². The summed E-state index contributed by atoms with van der Waals surface area (Å²) < 4.78 is 28.1. The smallest absolute Gasteiger partial charge is 0.420 e. The van der Waals surface area contributed by atoms with Crippen molar-refractivity contribution in [2.45, 2.75) is 83.7 Å². The third kappa shape index (κ3) is 9.99. The van der Waals surface area contributed by atoms with E-state index >= 15 is 0 Å². The van der Waals surface area contributed by atoms with E-state index in [9.17, 15) is 18.9 Å². The number of halogens is 1. The number of nitrogens with zero attached hydrogens (tertiary/aromatic N) is 7. The van der Waals surface area contributed by atoms with E-state index in [0.29, 0.717) is 54.1 Å². The highest BCUT2D eigenvalue weighted by Gasteiger charge is 2.35. The van der Waals surface area contributed by atoms with Crippen LogP contribution in [-0.4, -0.2) is 119 Å². The van der Waals surface area contributed by atoms with Crippen molar-refractivity contribution < 1.29 is 23.3 Å². The largest absolute Gasteiger partial charge is 0.495 e. The Kier molecular flexibility index (Phi) is 14.2. The highest BCUT2D eigenvalue weighted by Crippen LogP contribution is 2.54. The molecule has 10 rings (SSSR count). The summed E-state index contributed by atoms with van der Waals surface area (Å²) in [4.78, 5) is 59.0. The molecule has 4 aliphatic heterocycles. The number of piperidine rings is 2. The van der Waals surface area contributed by atoms with Gasteiger partial charge in [0.25, 0.3) is 0 Å². The minimum atomic E-state index is -2.60. The molecule has 1 unspecified atom stereocenters. The van der Waals surface area contributed by atoms with Gasteiger partial charge in [-0.3, -0.25) is 29.4 Å². The van der Waals surface area contributed by atoms with Crippen LogP contribution in [0.2, 0.25) is 0 Å². The Morgan fingerprint density at radius 1 is 0.914 bits per heavy atom. The number of carbonyl (C=O) groups is 2. The lowest BCUT2D eigenvalue weighted by atomic mass is 9.99. The second-order valence-electron chi connectivity index (χ2n) is 19.2. The third-order valence-corrected chi connectivity index (χ3v) is 18.8. The van der Waals surface area contributed by atoms with Crippen LogP contribution in [0.5, 0.6) is 5.75 Å². The molecule has 70 heavy (non-hydrogen) atoms. The van der Waals surface area contributed by atoms with Gasteiger partial charge in [-0.2, -0.15) is 0 Å². The zero-order valence-corrected chi connectivity index (χ0v) is 42.7. The van der Waals surface area contributed by atoms with Crippen LogP contribution in [0.1, 0.15) is 74.1 Å². The van der Waals surface area contributed by atoms with Crippen molar-refractivity contribution in [2.24, 2.45) is 0 Å². The zero-order valence-electron chi connectivity index (χ0n) is 40.3. The molecule has 3 N–H and O–H groups in total. The maximum atomic E-state index is 14.4. The fourth-order valence-electron chi connectivity index (χ4n) is 11.0. The van der Waals surface area contributed by atoms with E-state index in [1.54, 1.807) is 13.3 Å². The number of aromatic nitrogens is 4. The topological polar surface area (TPSA) is 180 Å². The quantitative estimate of drug-likeness (QED) is 0.0678. The Morgan fingerprint density at radius 3 is 2.47 bits per heavy atom.